The van der Waals surface area contributed by atoms with Crippen molar-refractivity contribution in [3.63, 3.8) is 0 Å². The summed E-state index contributed by atoms with van der Waals surface area (Å²) < 4.78 is 8.45. The topological polar surface area (TPSA) is 98.9 Å². The van der Waals surface area contributed by atoms with E-state index < -0.39 is 31.2 Å². The summed E-state index contributed by atoms with van der Waals surface area (Å²) in [5, 5.41) is 8.38. The highest BCUT2D eigenvalue weighted by atomic mass is 31.0. The molecule has 0 aromatic heterocycles. The van der Waals surface area contributed by atoms with E-state index in [1.165, 1.54) is 0 Å². The molecule has 0 aromatic rings. The molecule has 7 heteroatoms. The first-order chi connectivity index (χ1) is 5.61. The number of nitrogens with two attached hydrogens (primary N) is 1. The van der Waals surface area contributed by atoms with E-state index in [1.807, 2.05) is 0 Å². The average Bonchev–Trinajstić information content (AvgIpc) is 2.11. The van der Waals surface area contributed by atoms with Crippen LogP contribution in [-0.2, 0) is 18.8 Å². The summed E-state index contributed by atoms with van der Waals surface area (Å²) >= 11 is 0. The van der Waals surface area contributed by atoms with Crippen LogP contribution in [0.1, 0.15) is 0 Å². The van der Waals surface area contributed by atoms with Crippen molar-refractivity contribution >= 4 is 21.4 Å². The molecule has 0 aliphatic heterocycles. The molecule has 12 heavy (non-hydrogen) atoms. The Balaban J connectivity index is 3.64. The lowest BCUT2D eigenvalue weighted by molar-refractivity contribution is -0.154. The highest BCUT2D eigenvalue weighted by Crippen LogP contribution is 1.90. The van der Waals surface area contributed by atoms with Crippen LogP contribution in [0, 0.1) is 0 Å². The fourth-order valence-corrected chi connectivity index (χ4v) is 0.414. The summed E-state index contributed by atoms with van der Waals surface area (Å²) in [4.78, 5) is 21.1. The number of carbonyl (C=O) groups excluding carboxylic acids is 2. The third-order valence-electron chi connectivity index (χ3n) is 0.963. The van der Waals surface area contributed by atoms with Gasteiger partial charge in [0, 0.05) is 0 Å². The Morgan fingerprint density at radius 1 is 1.58 bits per heavy atom. The summed E-state index contributed by atoms with van der Waals surface area (Å²) in [5.41, 5.74) is 5.06. The Hall–Kier alpha value is -0.710. The molecule has 0 saturated heterocycles. The third kappa shape index (κ3) is 4.23. The Morgan fingerprint density at radius 2 is 2.17 bits per heavy atom. The van der Waals surface area contributed by atoms with E-state index in [-0.39, 0.29) is 0 Å². The molecule has 0 amide bonds. The molecule has 0 aliphatic rings. The fourth-order valence-electron chi connectivity index (χ4n) is 0.346. The number of aliphatic hydroxyl groups excluding tert-OH is 1. The van der Waals surface area contributed by atoms with Crippen LogP contribution >= 0.6 is 9.47 Å². The van der Waals surface area contributed by atoms with Gasteiger partial charge in [0.05, 0.1) is 16.1 Å². The van der Waals surface area contributed by atoms with Crippen molar-refractivity contribution < 1.29 is 24.0 Å². The quantitative estimate of drug-likeness (QED) is 0.405. The van der Waals surface area contributed by atoms with Gasteiger partial charge in [0.15, 0.2) is 6.61 Å². The molecule has 0 aromatic carbocycles. The second-order valence-corrected chi connectivity index (χ2v) is 2.12. The van der Waals surface area contributed by atoms with Gasteiger partial charge in [-0.15, -0.1) is 0 Å². The second-order valence-electron chi connectivity index (χ2n) is 1.89. The summed E-state index contributed by atoms with van der Waals surface area (Å²) in [7, 11) is 1.71. The number of hydrogen-bond donors (Lipinski definition) is 2. The van der Waals surface area contributed by atoms with Crippen molar-refractivity contribution in [2.24, 2.45) is 5.73 Å². The highest BCUT2D eigenvalue weighted by Gasteiger charge is 2.14. The van der Waals surface area contributed by atoms with Crippen molar-refractivity contribution in [2.45, 2.75) is 6.04 Å². The molecule has 0 aliphatic carbocycles. The zero-order valence-corrected chi connectivity index (χ0v) is 7.38. The Morgan fingerprint density at radius 3 is 2.58 bits per heavy atom. The maximum absolute atomic E-state index is 10.7. The number of hydrogen-bond acceptors (Lipinski definition) is 6. The van der Waals surface area contributed by atoms with Crippen LogP contribution in [0.15, 0.2) is 0 Å². The standard InChI is InChI=1S/C5H10NO5P/c6-3(1-7)5(9)10-2-4(8)11-12/h3,7H,1-2,6,12H2/t3-/m0/s1. The van der Waals surface area contributed by atoms with Gasteiger partial charge in [-0.05, 0) is 0 Å². The number of esters is 1. The van der Waals surface area contributed by atoms with E-state index in [9.17, 15) is 9.59 Å². The SMILES string of the molecule is N[C@@H](CO)C(=O)OCC(=O)OP. The first-order valence-corrected chi connectivity index (χ1v) is 3.51. The molecule has 0 rings (SSSR count). The van der Waals surface area contributed by atoms with Gasteiger partial charge in [-0.2, -0.15) is 0 Å². The van der Waals surface area contributed by atoms with Crippen molar-refractivity contribution in [3.8, 4) is 0 Å². The van der Waals surface area contributed by atoms with Crippen molar-refractivity contribution in [1.82, 2.24) is 0 Å². The number of aliphatic hydroxyl groups is 1. The van der Waals surface area contributed by atoms with Crippen LogP contribution in [0.2, 0.25) is 0 Å². The fraction of sp³-hybridized carbons (Fsp3) is 0.600. The molecule has 0 spiro atoms. The molecule has 1 unspecified atom stereocenters. The molecule has 70 valence electrons. The van der Waals surface area contributed by atoms with Crippen molar-refractivity contribution in [2.75, 3.05) is 13.2 Å². The van der Waals surface area contributed by atoms with E-state index in [2.05, 4.69) is 9.26 Å². The maximum Gasteiger partial charge on any atom is 0.346 e. The monoisotopic (exact) mass is 195 g/mol. The summed E-state index contributed by atoms with van der Waals surface area (Å²) in [6.07, 6.45) is 0. The lowest BCUT2D eigenvalue weighted by atomic mass is 10.3. The van der Waals surface area contributed by atoms with Gasteiger partial charge < -0.3 is 20.1 Å². The molecule has 0 bridgehead atoms. The first kappa shape index (κ1) is 11.3. The van der Waals surface area contributed by atoms with Gasteiger partial charge in [0.25, 0.3) is 0 Å². The molecule has 0 radical (unpaired) electrons. The second kappa shape index (κ2) is 5.88. The number of carbonyl (C=O) groups is 2. The van der Waals surface area contributed by atoms with E-state index in [0.29, 0.717) is 0 Å². The third-order valence-corrected chi connectivity index (χ3v) is 1.23. The van der Waals surface area contributed by atoms with Crippen LogP contribution in [0.5, 0.6) is 0 Å². The Bertz CT molecular complexity index is 173. The van der Waals surface area contributed by atoms with Gasteiger partial charge in [-0.3, -0.25) is 4.79 Å². The molecule has 0 heterocycles. The molecular weight excluding hydrogens is 185 g/mol. The van der Waals surface area contributed by atoms with Gasteiger partial charge in [-0.1, -0.05) is 0 Å². The van der Waals surface area contributed by atoms with Gasteiger partial charge >= 0.3 is 11.9 Å². The lowest BCUT2D eigenvalue weighted by Gasteiger charge is -2.06. The zero-order chi connectivity index (χ0) is 9.56. The van der Waals surface area contributed by atoms with Crippen LogP contribution in [0.4, 0.5) is 0 Å². The number of ether oxygens (including phenoxy) is 1. The van der Waals surface area contributed by atoms with Crippen LogP contribution < -0.4 is 5.73 Å². The summed E-state index contributed by atoms with van der Waals surface area (Å²) in [6.45, 7) is -1.02. The van der Waals surface area contributed by atoms with Gasteiger partial charge in [0.2, 0.25) is 0 Å². The van der Waals surface area contributed by atoms with Crippen LogP contribution in [0.25, 0.3) is 0 Å². The molecule has 0 fully saturated rings. The van der Waals surface area contributed by atoms with Crippen LogP contribution in [-0.4, -0.2) is 36.3 Å². The predicted octanol–water partition coefficient (Wildman–Crippen LogP) is -1.82. The number of rotatable bonds is 4. The lowest BCUT2D eigenvalue weighted by Crippen LogP contribution is -2.36. The minimum atomic E-state index is -1.11. The molecule has 6 nitrogen and oxygen atoms in total. The van der Waals surface area contributed by atoms with Gasteiger partial charge in [-0.25, -0.2) is 4.79 Å². The Kier molecular flexibility index (Phi) is 5.53. The molecule has 2 atom stereocenters. The largest absolute Gasteiger partial charge is 0.452 e. The molecular formula is C5H10NO5P. The van der Waals surface area contributed by atoms with E-state index in [0.717, 1.165) is 0 Å². The highest BCUT2D eigenvalue weighted by molar-refractivity contribution is 7.10. The van der Waals surface area contributed by atoms with E-state index in [1.54, 1.807) is 9.47 Å². The van der Waals surface area contributed by atoms with Crippen LogP contribution in [0.3, 0.4) is 0 Å². The van der Waals surface area contributed by atoms with E-state index in [4.69, 9.17) is 10.8 Å². The summed E-state index contributed by atoms with van der Waals surface area (Å²) in [6, 6.07) is -1.11. The van der Waals surface area contributed by atoms with Gasteiger partial charge in [0.1, 0.15) is 6.04 Å². The molecule has 0 saturated carbocycles. The Labute approximate surface area is 71.3 Å². The maximum atomic E-state index is 10.7. The smallest absolute Gasteiger partial charge is 0.346 e. The average molecular weight is 195 g/mol. The predicted molar refractivity (Wildman–Crippen MR) is 41.8 cm³/mol. The normalized spacial score (nSPS) is 11.9. The zero-order valence-electron chi connectivity index (χ0n) is 6.23. The van der Waals surface area contributed by atoms with Crippen molar-refractivity contribution in [1.29, 1.82) is 0 Å². The minimum Gasteiger partial charge on any atom is -0.452 e. The summed E-state index contributed by atoms with van der Waals surface area (Å²) in [5.74, 6) is -1.55. The first-order valence-electron chi connectivity index (χ1n) is 3.04. The van der Waals surface area contributed by atoms with E-state index >= 15 is 0 Å². The minimum absolute atomic E-state index is 0.504. The van der Waals surface area contributed by atoms with Crippen molar-refractivity contribution in [3.05, 3.63) is 0 Å². The molecule has 3 N–H and O–H groups in total.